The normalized spacial score (nSPS) is 10.0. The number of rotatable bonds is 4. The molecule has 2 amide bonds. The van der Waals surface area contributed by atoms with Crippen LogP contribution in [0.5, 0.6) is 0 Å². The van der Waals surface area contributed by atoms with E-state index in [0.717, 1.165) is 3.57 Å². The summed E-state index contributed by atoms with van der Waals surface area (Å²) < 4.78 is 14.2. The molecule has 0 aliphatic rings. The second-order valence-electron chi connectivity index (χ2n) is 4.19. The maximum absolute atomic E-state index is 13.4. The number of hydrogen-bond acceptors (Lipinski definition) is 2. The van der Waals surface area contributed by atoms with Crippen molar-refractivity contribution in [1.29, 1.82) is 0 Å². The van der Waals surface area contributed by atoms with Gasteiger partial charge in [-0.3, -0.25) is 9.59 Å². The molecule has 0 atom stereocenters. The fraction of sp³-hybridized carbons (Fsp3) is 0.0667. The average molecular weight is 398 g/mol. The smallest absolute Gasteiger partial charge is 0.252 e. The summed E-state index contributed by atoms with van der Waals surface area (Å²) in [6, 6.07) is 12.9. The molecule has 21 heavy (non-hydrogen) atoms. The van der Waals surface area contributed by atoms with Crippen molar-refractivity contribution >= 4 is 40.1 Å². The van der Waals surface area contributed by atoms with E-state index in [9.17, 15) is 14.0 Å². The molecular formula is C15H12FIN2O2. The van der Waals surface area contributed by atoms with E-state index in [0.29, 0.717) is 5.56 Å². The minimum atomic E-state index is -0.519. The molecule has 0 bridgehead atoms. The zero-order valence-corrected chi connectivity index (χ0v) is 13.1. The third-order valence-corrected chi connectivity index (χ3v) is 3.62. The number of anilines is 1. The van der Waals surface area contributed by atoms with Crippen LogP contribution in [0.1, 0.15) is 10.4 Å². The van der Waals surface area contributed by atoms with Gasteiger partial charge in [0.2, 0.25) is 5.91 Å². The molecule has 0 unspecified atom stereocenters. The Hall–Kier alpha value is -1.96. The summed E-state index contributed by atoms with van der Waals surface area (Å²) in [6.07, 6.45) is 0. The molecule has 0 aliphatic heterocycles. The highest BCUT2D eigenvalue weighted by Crippen LogP contribution is 2.12. The molecule has 0 saturated heterocycles. The van der Waals surface area contributed by atoms with E-state index in [1.165, 1.54) is 18.2 Å². The Labute approximate surface area is 134 Å². The molecular weight excluding hydrogens is 386 g/mol. The zero-order valence-electron chi connectivity index (χ0n) is 10.9. The highest BCUT2D eigenvalue weighted by atomic mass is 127. The van der Waals surface area contributed by atoms with Crippen LogP contribution >= 0.6 is 22.6 Å². The van der Waals surface area contributed by atoms with Crippen LogP contribution in [0.3, 0.4) is 0 Å². The topological polar surface area (TPSA) is 58.2 Å². The van der Waals surface area contributed by atoms with E-state index < -0.39 is 11.7 Å². The summed E-state index contributed by atoms with van der Waals surface area (Å²) in [5.41, 5.74) is 0.586. The lowest BCUT2D eigenvalue weighted by Gasteiger charge is -2.08. The van der Waals surface area contributed by atoms with Gasteiger partial charge in [0.25, 0.3) is 5.91 Å². The van der Waals surface area contributed by atoms with E-state index >= 15 is 0 Å². The standard InChI is InChI=1S/C15H12FIN2O2/c16-11-6-2-4-8-13(11)19-14(20)9-18-15(21)10-5-1-3-7-12(10)17/h1-8H,9H2,(H,18,21)(H,19,20). The van der Waals surface area contributed by atoms with Gasteiger partial charge in [0.15, 0.2) is 0 Å². The van der Waals surface area contributed by atoms with Gasteiger partial charge in [-0.1, -0.05) is 24.3 Å². The molecule has 108 valence electrons. The Morgan fingerprint density at radius 3 is 2.43 bits per heavy atom. The fourth-order valence-electron chi connectivity index (χ4n) is 1.66. The van der Waals surface area contributed by atoms with Crippen LogP contribution in [0.15, 0.2) is 48.5 Å². The maximum Gasteiger partial charge on any atom is 0.252 e. The molecule has 0 aromatic heterocycles. The minimum Gasteiger partial charge on any atom is -0.343 e. The van der Waals surface area contributed by atoms with E-state index in [4.69, 9.17) is 0 Å². The quantitative estimate of drug-likeness (QED) is 0.779. The Morgan fingerprint density at radius 1 is 1.05 bits per heavy atom. The number of carbonyl (C=O) groups excluding carboxylic acids is 2. The molecule has 0 heterocycles. The second-order valence-corrected chi connectivity index (χ2v) is 5.35. The number of amides is 2. The van der Waals surface area contributed by atoms with Crippen LogP contribution < -0.4 is 10.6 Å². The number of halogens is 2. The van der Waals surface area contributed by atoms with Gasteiger partial charge in [0.05, 0.1) is 17.8 Å². The molecule has 2 N–H and O–H groups in total. The van der Waals surface area contributed by atoms with Crippen molar-refractivity contribution in [1.82, 2.24) is 5.32 Å². The van der Waals surface area contributed by atoms with Crippen molar-refractivity contribution in [3.05, 3.63) is 63.5 Å². The monoisotopic (exact) mass is 398 g/mol. The van der Waals surface area contributed by atoms with Crippen LogP contribution in [0.25, 0.3) is 0 Å². The first-order chi connectivity index (χ1) is 10.1. The van der Waals surface area contributed by atoms with Gasteiger partial charge in [0.1, 0.15) is 5.82 Å². The van der Waals surface area contributed by atoms with E-state index in [1.54, 1.807) is 24.3 Å². The van der Waals surface area contributed by atoms with Gasteiger partial charge in [-0.2, -0.15) is 0 Å². The molecule has 6 heteroatoms. The van der Waals surface area contributed by atoms with Crippen molar-refractivity contribution in [3.63, 3.8) is 0 Å². The SMILES string of the molecule is O=C(CNC(=O)c1ccccc1I)Nc1ccccc1F. The lowest BCUT2D eigenvalue weighted by molar-refractivity contribution is -0.115. The van der Waals surface area contributed by atoms with Crippen molar-refractivity contribution in [2.45, 2.75) is 0 Å². The van der Waals surface area contributed by atoms with Crippen LogP contribution in [0.2, 0.25) is 0 Å². The summed E-state index contributed by atoms with van der Waals surface area (Å²) in [4.78, 5) is 23.6. The number of benzene rings is 2. The van der Waals surface area contributed by atoms with Gasteiger partial charge < -0.3 is 10.6 Å². The molecule has 2 aromatic rings. The summed E-state index contributed by atoms with van der Waals surface area (Å²) in [6.45, 7) is -0.224. The zero-order chi connectivity index (χ0) is 15.2. The summed E-state index contributed by atoms with van der Waals surface area (Å²) in [5.74, 6) is -1.35. The first-order valence-corrected chi connectivity index (χ1v) is 7.23. The van der Waals surface area contributed by atoms with Gasteiger partial charge in [-0.15, -0.1) is 0 Å². The van der Waals surface area contributed by atoms with Crippen LogP contribution in [-0.4, -0.2) is 18.4 Å². The highest BCUT2D eigenvalue weighted by Gasteiger charge is 2.11. The largest absolute Gasteiger partial charge is 0.343 e. The highest BCUT2D eigenvalue weighted by molar-refractivity contribution is 14.1. The Balaban J connectivity index is 1.91. The van der Waals surface area contributed by atoms with Crippen molar-refractivity contribution in [3.8, 4) is 0 Å². The van der Waals surface area contributed by atoms with Gasteiger partial charge in [-0.05, 0) is 46.9 Å². The van der Waals surface area contributed by atoms with E-state index in [1.807, 2.05) is 28.7 Å². The van der Waals surface area contributed by atoms with Gasteiger partial charge >= 0.3 is 0 Å². The predicted molar refractivity (Wildman–Crippen MR) is 86.5 cm³/mol. The van der Waals surface area contributed by atoms with E-state index in [-0.39, 0.29) is 18.1 Å². The third-order valence-electron chi connectivity index (χ3n) is 2.68. The Morgan fingerprint density at radius 2 is 1.71 bits per heavy atom. The molecule has 0 fully saturated rings. The molecule has 4 nitrogen and oxygen atoms in total. The Kier molecular flexibility index (Phi) is 5.26. The van der Waals surface area contributed by atoms with Crippen molar-refractivity contribution < 1.29 is 14.0 Å². The number of para-hydroxylation sites is 1. The number of hydrogen-bond donors (Lipinski definition) is 2. The lowest BCUT2D eigenvalue weighted by atomic mass is 10.2. The fourth-order valence-corrected chi connectivity index (χ4v) is 2.29. The molecule has 0 saturated carbocycles. The maximum atomic E-state index is 13.4. The Bertz CT molecular complexity index is 676. The lowest BCUT2D eigenvalue weighted by Crippen LogP contribution is -2.33. The van der Waals surface area contributed by atoms with Crippen molar-refractivity contribution in [2.75, 3.05) is 11.9 Å². The van der Waals surface area contributed by atoms with Crippen LogP contribution in [0.4, 0.5) is 10.1 Å². The van der Waals surface area contributed by atoms with E-state index in [2.05, 4.69) is 10.6 Å². The molecule has 0 spiro atoms. The number of carbonyl (C=O) groups is 2. The predicted octanol–water partition coefficient (Wildman–Crippen LogP) is 2.80. The average Bonchev–Trinajstić information content (AvgIpc) is 2.48. The summed E-state index contributed by atoms with van der Waals surface area (Å²) in [7, 11) is 0. The first-order valence-electron chi connectivity index (χ1n) is 6.15. The third kappa shape index (κ3) is 4.25. The summed E-state index contributed by atoms with van der Waals surface area (Å²) in [5, 5.41) is 4.90. The molecule has 0 radical (unpaired) electrons. The van der Waals surface area contributed by atoms with Gasteiger partial charge in [-0.25, -0.2) is 4.39 Å². The summed E-state index contributed by atoms with van der Waals surface area (Å²) >= 11 is 2.04. The minimum absolute atomic E-state index is 0.0889. The number of nitrogens with one attached hydrogen (secondary N) is 2. The second kappa shape index (κ2) is 7.16. The van der Waals surface area contributed by atoms with Gasteiger partial charge in [0, 0.05) is 3.57 Å². The first kappa shape index (κ1) is 15.4. The molecule has 2 aromatic carbocycles. The van der Waals surface area contributed by atoms with Crippen molar-refractivity contribution in [2.24, 2.45) is 0 Å². The van der Waals surface area contributed by atoms with Crippen LogP contribution in [-0.2, 0) is 4.79 Å². The molecule has 0 aliphatic carbocycles. The van der Waals surface area contributed by atoms with Crippen LogP contribution in [0, 0.1) is 9.39 Å². The molecule has 2 rings (SSSR count).